The van der Waals surface area contributed by atoms with Crippen molar-refractivity contribution in [1.29, 1.82) is 0 Å². The van der Waals surface area contributed by atoms with Gasteiger partial charge in [0.2, 0.25) is 0 Å². The van der Waals surface area contributed by atoms with Crippen molar-refractivity contribution < 1.29 is 0 Å². The maximum atomic E-state index is 12.0. The smallest absolute Gasteiger partial charge is 0.251 e. The number of piperidine rings is 1. The molecule has 3 nitrogen and oxygen atoms in total. The average Bonchev–Trinajstić information content (AvgIpc) is 2.31. The van der Waals surface area contributed by atoms with E-state index in [-0.39, 0.29) is 5.56 Å². The van der Waals surface area contributed by atoms with Gasteiger partial charge < -0.3 is 9.88 Å². The highest BCUT2D eigenvalue weighted by molar-refractivity contribution is 5.23. The zero-order chi connectivity index (χ0) is 11.1. The summed E-state index contributed by atoms with van der Waals surface area (Å²) in [5.41, 5.74) is 2.64. The molecule has 0 radical (unpaired) electrons. The van der Waals surface area contributed by atoms with Gasteiger partial charge in [0.05, 0.1) is 0 Å². The van der Waals surface area contributed by atoms with E-state index in [1.807, 2.05) is 4.57 Å². The first-order valence-corrected chi connectivity index (χ1v) is 6.22. The number of rotatable bonds is 1. The standard InChI is InChI=1S/C13H18N2O/c1-2-9-4-12-11-3-10(6-14-7-11)8-15(12)13(16)5-9/h4-5,10-11,14H,2-3,6-8H2,1H3/t10-,11+/m0/s1. The Morgan fingerprint density at radius 2 is 2.31 bits per heavy atom. The molecule has 2 aliphatic heterocycles. The van der Waals surface area contributed by atoms with Crippen molar-refractivity contribution in [2.45, 2.75) is 32.2 Å². The SMILES string of the molecule is CCc1cc2n(c(=O)c1)C[C@@H]1CNC[C@H]2C1. The van der Waals surface area contributed by atoms with E-state index in [1.54, 1.807) is 6.07 Å². The van der Waals surface area contributed by atoms with Crippen LogP contribution in [0.15, 0.2) is 16.9 Å². The lowest BCUT2D eigenvalue weighted by molar-refractivity contribution is 0.257. The zero-order valence-electron chi connectivity index (χ0n) is 9.70. The first kappa shape index (κ1) is 10.1. The van der Waals surface area contributed by atoms with Crippen LogP contribution in [0.4, 0.5) is 0 Å². The molecule has 1 N–H and O–H groups in total. The Morgan fingerprint density at radius 1 is 1.44 bits per heavy atom. The molecule has 1 aromatic rings. The Kier molecular flexibility index (Phi) is 2.36. The van der Waals surface area contributed by atoms with Gasteiger partial charge in [0.1, 0.15) is 0 Å². The number of nitrogens with one attached hydrogen (secondary N) is 1. The maximum Gasteiger partial charge on any atom is 0.251 e. The molecular formula is C13H18N2O. The number of nitrogens with zero attached hydrogens (tertiary/aromatic N) is 1. The number of aromatic nitrogens is 1. The van der Waals surface area contributed by atoms with Crippen LogP contribution in [-0.4, -0.2) is 17.7 Å². The van der Waals surface area contributed by atoms with Crippen molar-refractivity contribution in [3.63, 3.8) is 0 Å². The van der Waals surface area contributed by atoms with Crippen LogP contribution in [0.25, 0.3) is 0 Å². The van der Waals surface area contributed by atoms with Gasteiger partial charge in [0, 0.05) is 30.8 Å². The quantitative estimate of drug-likeness (QED) is 0.766. The van der Waals surface area contributed by atoms with E-state index in [2.05, 4.69) is 18.3 Å². The summed E-state index contributed by atoms with van der Waals surface area (Å²) < 4.78 is 2.00. The lowest BCUT2D eigenvalue weighted by Crippen LogP contribution is -2.44. The molecule has 0 aromatic carbocycles. The van der Waals surface area contributed by atoms with Gasteiger partial charge in [-0.1, -0.05) is 6.92 Å². The van der Waals surface area contributed by atoms with Crippen molar-refractivity contribution in [1.82, 2.24) is 9.88 Å². The number of aryl methyl sites for hydroxylation is 1. The first-order valence-electron chi connectivity index (χ1n) is 6.22. The molecule has 2 bridgehead atoms. The Bertz CT molecular complexity index is 463. The van der Waals surface area contributed by atoms with Crippen LogP contribution in [0, 0.1) is 5.92 Å². The summed E-state index contributed by atoms with van der Waals surface area (Å²) in [6, 6.07) is 4.03. The van der Waals surface area contributed by atoms with Gasteiger partial charge in [-0.2, -0.15) is 0 Å². The second-order valence-electron chi connectivity index (χ2n) is 5.05. The van der Waals surface area contributed by atoms with E-state index in [0.717, 1.165) is 26.1 Å². The Balaban J connectivity index is 2.13. The van der Waals surface area contributed by atoms with Crippen molar-refractivity contribution in [2.24, 2.45) is 5.92 Å². The number of hydrogen-bond acceptors (Lipinski definition) is 2. The van der Waals surface area contributed by atoms with Crippen LogP contribution in [0.1, 0.15) is 30.5 Å². The molecule has 0 unspecified atom stereocenters. The summed E-state index contributed by atoms with van der Waals surface area (Å²) in [5, 5.41) is 3.47. The van der Waals surface area contributed by atoms with Crippen molar-refractivity contribution in [2.75, 3.05) is 13.1 Å². The molecule has 16 heavy (non-hydrogen) atoms. The molecule has 0 spiro atoms. The second-order valence-corrected chi connectivity index (χ2v) is 5.05. The van der Waals surface area contributed by atoms with Gasteiger partial charge in [0.25, 0.3) is 5.56 Å². The van der Waals surface area contributed by atoms with E-state index in [1.165, 1.54) is 17.7 Å². The number of hydrogen-bond donors (Lipinski definition) is 1. The molecule has 0 amide bonds. The van der Waals surface area contributed by atoms with Crippen molar-refractivity contribution >= 4 is 0 Å². The largest absolute Gasteiger partial charge is 0.316 e. The molecule has 1 aromatic heterocycles. The van der Waals surface area contributed by atoms with Crippen LogP contribution in [-0.2, 0) is 13.0 Å². The van der Waals surface area contributed by atoms with E-state index in [0.29, 0.717) is 11.8 Å². The third-order valence-electron chi connectivity index (χ3n) is 3.93. The fourth-order valence-corrected chi connectivity index (χ4v) is 3.06. The Morgan fingerprint density at radius 3 is 3.12 bits per heavy atom. The van der Waals surface area contributed by atoms with Gasteiger partial charge in [0.15, 0.2) is 0 Å². The van der Waals surface area contributed by atoms with Gasteiger partial charge in [-0.25, -0.2) is 0 Å². The molecule has 0 saturated carbocycles. The lowest BCUT2D eigenvalue weighted by Gasteiger charge is -2.37. The highest BCUT2D eigenvalue weighted by atomic mass is 16.1. The minimum absolute atomic E-state index is 0.200. The van der Waals surface area contributed by atoms with Crippen molar-refractivity contribution in [3.05, 3.63) is 33.7 Å². The molecule has 0 aliphatic carbocycles. The predicted molar refractivity (Wildman–Crippen MR) is 63.8 cm³/mol. The van der Waals surface area contributed by atoms with Crippen LogP contribution in [0.5, 0.6) is 0 Å². The van der Waals surface area contributed by atoms with Gasteiger partial charge >= 0.3 is 0 Å². The first-order chi connectivity index (χ1) is 7.78. The molecule has 2 aliphatic rings. The van der Waals surface area contributed by atoms with E-state index < -0.39 is 0 Å². The maximum absolute atomic E-state index is 12.0. The van der Waals surface area contributed by atoms with Gasteiger partial charge in [-0.05, 0) is 36.9 Å². The van der Waals surface area contributed by atoms with Gasteiger partial charge in [-0.3, -0.25) is 4.79 Å². The Hall–Kier alpha value is -1.09. The minimum Gasteiger partial charge on any atom is -0.316 e. The number of fused-ring (bicyclic) bond motifs is 4. The monoisotopic (exact) mass is 218 g/mol. The van der Waals surface area contributed by atoms with E-state index in [4.69, 9.17) is 0 Å². The van der Waals surface area contributed by atoms with E-state index in [9.17, 15) is 4.79 Å². The molecule has 1 fully saturated rings. The fraction of sp³-hybridized carbons (Fsp3) is 0.615. The second kappa shape index (κ2) is 3.74. The summed E-state index contributed by atoms with van der Waals surface area (Å²) in [5.74, 6) is 1.20. The molecular weight excluding hydrogens is 200 g/mol. The Labute approximate surface area is 95.5 Å². The molecule has 86 valence electrons. The third-order valence-corrected chi connectivity index (χ3v) is 3.93. The summed E-state index contributed by atoms with van der Waals surface area (Å²) >= 11 is 0. The molecule has 3 heterocycles. The lowest BCUT2D eigenvalue weighted by atomic mass is 9.84. The van der Waals surface area contributed by atoms with Crippen LogP contribution in [0.2, 0.25) is 0 Å². The van der Waals surface area contributed by atoms with E-state index >= 15 is 0 Å². The highest BCUT2D eigenvalue weighted by Crippen LogP contribution is 2.31. The van der Waals surface area contributed by atoms with Crippen molar-refractivity contribution in [3.8, 4) is 0 Å². The topological polar surface area (TPSA) is 34.0 Å². The fourth-order valence-electron chi connectivity index (χ4n) is 3.06. The zero-order valence-corrected chi connectivity index (χ0v) is 9.70. The molecule has 1 saturated heterocycles. The molecule has 2 atom stereocenters. The number of pyridine rings is 1. The highest BCUT2D eigenvalue weighted by Gasteiger charge is 2.30. The van der Waals surface area contributed by atoms with Crippen LogP contribution < -0.4 is 10.9 Å². The summed E-state index contributed by atoms with van der Waals surface area (Å²) in [6.45, 7) is 5.11. The third kappa shape index (κ3) is 1.50. The summed E-state index contributed by atoms with van der Waals surface area (Å²) in [6.07, 6.45) is 2.20. The average molecular weight is 218 g/mol. The van der Waals surface area contributed by atoms with Gasteiger partial charge in [-0.15, -0.1) is 0 Å². The normalized spacial score (nSPS) is 27.6. The van der Waals surface area contributed by atoms with Crippen LogP contribution in [0.3, 0.4) is 0 Å². The molecule has 3 heteroatoms. The predicted octanol–water partition coefficient (Wildman–Crippen LogP) is 1.12. The van der Waals surface area contributed by atoms with Crippen LogP contribution >= 0.6 is 0 Å². The summed E-state index contributed by atoms with van der Waals surface area (Å²) in [7, 11) is 0. The minimum atomic E-state index is 0.200. The summed E-state index contributed by atoms with van der Waals surface area (Å²) in [4.78, 5) is 12.0. The molecule has 3 rings (SSSR count).